The van der Waals surface area contributed by atoms with Gasteiger partial charge in [-0.3, -0.25) is 4.79 Å². The maximum Gasteiger partial charge on any atom is 0.401 e. The van der Waals surface area contributed by atoms with Crippen molar-refractivity contribution in [3.05, 3.63) is 0 Å². The highest BCUT2D eigenvalue weighted by Gasteiger charge is 2.27. The first-order valence-electron chi connectivity index (χ1n) is 5.55. The number of alkyl halides is 3. The van der Waals surface area contributed by atoms with Crippen molar-refractivity contribution in [2.24, 2.45) is 0 Å². The molecule has 0 radical (unpaired) electrons. The molecule has 1 amide bonds. The summed E-state index contributed by atoms with van der Waals surface area (Å²) in [5.74, 6) is -0.409. The molecule has 100 valence electrons. The Morgan fingerprint density at radius 2 is 2.18 bits per heavy atom. The fraction of sp³-hybridized carbons (Fsp3) is 0.900. The summed E-state index contributed by atoms with van der Waals surface area (Å²) in [7, 11) is 0. The second-order valence-corrected chi connectivity index (χ2v) is 4.19. The van der Waals surface area contributed by atoms with Gasteiger partial charge >= 0.3 is 6.18 Å². The lowest BCUT2D eigenvalue weighted by atomic mass is 10.0. The Kier molecular flexibility index (Phi) is 5.20. The summed E-state index contributed by atoms with van der Waals surface area (Å²) in [6.07, 6.45) is -2.80. The van der Waals surface area contributed by atoms with E-state index in [0.717, 1.165) is 0 Å². The van der Waals surface area contributed by atoms with Gasteiger partial charge in [0.05, 0.1) is 19.2 Å². The first kappa shape index (κ1) is 14.2. The van der Waals surface area contributed by atoms with Crippen molar-refractivity contribution in [3.63, 3.8) is 0 Å². The van der Waals surface area contributed by atoms with Gasteiger partial charge in [0.2, 0.25) is 5.91 Å². The minimum Gasteiger partial charge on any atom is -0.378 e. The van der Waals surface area contributed by atoms with Crippen molar-refractivity contribution in [2.45, 2.75) is 38.1 Å². The van der Waals surface area contributed by atoms with Crippen LogP contribution in [0.25, 0.3) is 0 Å². The molecule has 7 heteroatoms. The molecular formula is C10H17F3N2O2. The molecule has 17 heavy (non-hydrogen) atoms. The minimum atomic E-state index is -4.28. The van der Waals surface area contributed by atoms with Gasteiger partial charge in [0, 0.05) is 12.6 Å². The van der Waals surface area contributed by atoms with Crippen LogP contribution in [0.15, 0.2) is 0 Å². The number of ether oxygens (including phenoxy) is 1. The molecule has 1 rings (SSSR count). The topological polar surface area (TPSA) is 50.4 Å². The highest BCUT2D eigenvalue weighted by Crippen LogP contribution is 2.13. The molecule has 0 aromatic rings. The molecule has 1 saturated heterocycles. The molecule has 0 aromatic heterocycles. The number of carbonyl (C=O) groups is 1. The molecule has 4 nitrogen and oxygen atoms in total. The van der Waals surface area contributed by atoms with Crippen LogP contribution in [0.2, 0.25) is 0 Å². The van der Waals surface area contributed by atoms with Crippen molar-refractivity contribution in [1.29, 1.82) is 0 Å². The first-order valence-corrected chi connectivity index (χ1v) is 5.55. The Hall–Kier alpha value is -0.820. The molecule has 0 bridgehead atoms. The summed E-state index contributed by atoms with van der Waals surface area (Å²) >= 11 is 0. The third kappa shape index (κ3) is 6.48. The summed E-state index contributed by atoms with van der Waals surface area (Å²) < 4.78 is 40.7. The number of carbonyl (C=O) groups excluding carboxylic acids is 1. The van der Waals surface area contributed by atoms with Gasteiger partial charge in [-0.25, -0.2) is 0 Å². The van der Waals surface area contributed by atoms with E-state index in [-0.39, 0.29) is 18.7 Å². The zero-order valence-electron chi connectivity index (χ0n) is 9.64. The van der Waals surface area contributed by atoms with Crippen molar-refractivity contribution < 1.29 is 22.7 Å². The normalized spacial score (nSPS) is 25.6. The lowest BCUT2D eigenvalue weighted by Crippen LogP contribution is -2.45. The quantitative estimate of drug-likeness (QED) is 0.781. The number of rotatable bonds is 4. The van der Waals surface area contributed by atoms with Gasteiger partial charge in [-0.2, -0.15) is 13.2 Å². The van der Waals surface area contributed by atoms with Crippen LogP contribution in [0, 0.1) is 0 Å². The van der Waals surface area contributed by atoms with Gasteiger partial charge < -0.3 is 15.4 Å². The lowest BCUT2D eigenvalue weighted by Gasteiger charge is -2.28. The molecule has 0 aliphatic carbocycles. The molecule has 1 fully saturated rings. The molecule has 1 heterocycles. The van der Waals surface area contributed by atoms with Crippen LogP contribution in [0.5, 0.6) is 0 Å². The molecule has 1 aliphatic rings. The minimum absolute atomic E-state index is 0.000985. The van der Waals surface area contributed by atoms with Crippen LogP contribution in [0.3, 0.4) is 0 Å². The van der Waals surface area contributed by atoms with E-state index in [9.17, 15) is 18.0 Å². The molecule has 0 saturated carbocycles. The van der Waals surface area contributed by atoms with Gasteiger partial charge in [-0.05, 0) is 19.8 Å². The Morgan fingerprint density at radius 3 is 2.76 bits per heavy atom. The molecule has 2 unspecified atom stereocenters. The van der Waals surface area contributed by atoms with E-state index in [0.29, 0.717) is 19.4 Å². The second kappa shape index (κ2) is 6.20. The maximum atomic E-state index is 11.8. The van der Waals surface area contributed by atoms with Gasteiger partial charge in [0.25, 0.3) is 0 Å². The first-order chi connectivity index (χ1) is 7.87. The molecular weight excluding hydrogens is 237 g/mol. The van der Waals surface area contributed by atoms with Crippen LogP contribution in [0.4, 0.5) is 13.2 Å². The summed E-state index contributed by atoms with van der Waals surface area (Å²) in [6.45, 7) is 1.01. The van der Waals surface area contributed by atoms with E-state index in [2.05, 4.69) is 10.6 Å². The Bertz CT molecular complexity index is 258. The Balaban J connectivity index is 2.16. The SMILES string of the molecule is CC1CC(NC(=O)CNCC(F)(F)F)CCO1. The van der Waals surface area contributed by atoms with Crippen LogP contribution in [-0.2, 0) is 9.53 Å². The summed E-state index contributed by atoms with van der Waals surface area (Å²) in [4.78, 5) is 11.3. The van der Waals surface area contributed by atoms with Gasteiger partial charge in [-0.1, -0.05) is 0 Å². The van der Waals surface area contributed by atoms with Crippen molar-refractivity contribution in [2.75, 3.05) is 19.7 Å². The standard InChI is InChI=1S/C10H17F3N2O2/c1-7-4-8(2-3-17-7)15-9(16)5-14-6-10(11,12)13/h7-8,14H,2-6H2,1H3,(H,15,16). The van der Waals surface area contributed by atoms with Gasteiger partial charge in [0.1, 0.15) is 0 Å². The number of amides is 1. The molecule has 1 aliphatic heterocycles. The maximum absolute atomic E-state index is 11.8. The summed E-state index contributed by atoms with van der Waals surface area (Å²) in [6, 6.07) is -0.000985. The molecule has 2 atom stereocenters. The fourth-order valence-corrected chi connectivity index (χ4v) is 1.73. The van der Waals surface area contributed by atoms with E-state index in [4.69, 9.17) is 4.74 Å². The van der Waals surface area contributed by atoms with Crippen molar-refractivity contribution in [3.8, 4) is 0 Å². The molecule has 0 aromatic carbocycles. The van der Waals surface area contributed by atoms with Crippen molar-refractivity contribution >= 4 is 5.91 Å². The monoisotopic (exact) mass is 254 g/mol. The average Bonchev–Trinajstić information content (AvgIpc) is 2.15. The van der Waals surface area contributed by atoms with E-state index >= 15 is 0 Å². The van der Waals surface area contributed by atoms with Gasteiger partial charge in [-0.15, -0.1) is 0 Å². The largest absolute Gasteiger partial charge is 0.401 e. The van der Waals surface area contributed by atoms with Crippen LogP contribution >= 0.6 is 0 Å². The smallest absolute Gasteiger partial charge is 0.378 e. The Morgan fingerprint density at radius 1 is 1.47 bits per heavy atom. The van der Waals surface area contributed by atoms with E-state index in [1.54, 1.807) is 0 Å². The second-order valence-electron chi connectivity index (χ2n) is 4.19. The number of halogens is 3. The third-order valence-electron chi connectivity index (χ3n) is 2.46. The number of hydrogen-bond acceptors (Lipinski definition) is 3. The predicted molar refractivity (Wildman–Crippen MR) is 55.5 cm³/mol. The third-order valence-corrected chi connectivity index (χ3v) is 2.46. The van der Waals surface area contributed by atoms with E-state index in [1.165, 1.54) is 0 Å². The Labute approximate surface area is 97.9 Å². The number of hydrogen-bond donors (Lipinski definition) is 2. The zero-order chi connectivity index (χ0) is 12.9. The van der Waals surface area contributed by atoms with Crippen LogP contribution < -0.4 is 10.6 Å². The number of nitrogens with one attached hydrogen (secondary N) is 2. The fourth-order valence-electron chi connectivity index (χ4n) is 1.73. The summed E-state index contributed by atoms with van der Waals surface area (Å²) in [5, 5.41) is 4.74. The zero-order valence-corrected chi connectivity index (χ0v) is 9.64. The van der Waals surface area contributed by atoms with Crippen LogP contribution in [-0.4, -0.2) is 43.9 Å². The van der Waals surface area contributed by atoms with Gasteiger partial charge in [0.15, 0.2) is 0 Å². The molecule has 0 spiro atoms. The van der Waals surface area contributed by atoms with E-state index in [1.807, 2.05) is 6.92 Å². The van der Waals surface area contributed by atoms with Crippen LogP contribution in [0.1, 0.15) is 19.8 Å². The lowest BCUT2D eigenvalue weighted by molar-refractivity contribution is -0.129. The summed E-state index contributed by atoms with van der Waals surface area (Å²) in [5.41, 5.74) is 0. The highest BCUT2D eigenvalue weighted by molar-refractivity contribution is 5.78. The van der Waals surface area contributed by atoms with E-state index < -0.39 is 18.6 Å². The predicted octanol–water partition coefficient (Wildman–Crippen LogP) is 0.822. The molecule has 2 N–H and O–H groups in total. The highest BCUT2D eigenvalue weighted by atomic mass is 19.4. The van der Waals surface area contributed by atoms with Crippen molar-refractivity contribution in [1.82, 2.24) is 10.6 Å². The average molecular weight is 254 g/mol.